The Kier molecular flexibility index (Phi) is 4.96. The third-order valence-corrected chi connectivity index (χ3v) is 8.29. The van der Waals surface area contributed by atoms with E-state index < -0.39 is 10.0 Å². The number of fused-ring (bicyclic) bond motifs is 3. The molecule has 1 heterocycles. The lowest BCUT2D eigenvalue weighted by Gasteiger charge is -2.29. The summed E-state index contributed by atoms with van der Waals surface area (Å²) in [4.78, 5) is 4.61. The molecule has 1 N–H and O–H groups in total. The van der Waals surface area contributed by atoms with Crippen LogP contribution in [0.2, 0.25) is 0 Å². The first kappa shape index (κ1) is 19.4. The van der Waals surface area contributed by atoms with Crippen molar-refractivity contribution in [2.45, 2.75) is 57.0 Å². The minimum atomic E-state index is -3.54. The largest absolute Gasteiger partial charge is 0.370 e. The van der Waals surface area contributed by atoms with Gasteiger partial charge >= 0.3 is 0 Å². The standard InChI is InChI=1S/C22H29N3O2S/c1-14(2)25(15(3)4)28(26,27)17-9-10-21(23-12-17)24-13-20-19-11-16-7-5-6-8-18(16)22(19)20/h5-10,12,14-15,19-20,22H,11,13H2,1-4H3,(H,23,24). The number of nitrogens with one attached hydrogen (secondary N) is 1. The molecule has 1 aromatic heterocycles. The van der Waals surface area contributed by atoms with Crippen molar-refractivity contribution in [1.82, 2.24) is 9.29 Å². The van der Waals surface area contributed by atoms with E-state index in [-0.39, 0.29) is 17.0 Å². The highest BCUT2D eigenvalue weighted by atomic mass is 32.2. The number of pyridine rings is 1. The molecule has 28 heavy (non-hydrogen) atoms. The average Bonchev–Trinajstić information content (AvgIpc) is 3.17. The quantitative estimate of drug-likeness (QED) is 0.767. The van der Waals surface area contributed by atoms with Crippen LogP contribution in [0.3, 0.4) is 0 Å². The van der Waals surface area contributed by atoms with Crippen LogP contribution < -0.4 is 5.32 Å². The molecule has 3 unspecified atom stereocenters. The van der Waals surface area contributed by atoms with Gasteiger partial charge in [-0.15, -0.1) is 0 Å². The lowest BCUT2D eigenvalue weighted by atomic mass is 10.0. The zero-order valence-electron chi connectivity index (χ0n) is 17.0. The van der Waals surface area contributed by atoms with E-state index >= 15 is 0 Å². The summed E-state index contributed by atoms with van der Waals surface area (Å²) in [7, 11) is -3.54. The molecule has 3 atom stereocenters. The maximum absolute atomic E-state index is 12.9. The molecule has 0 saturated heterocycles. The first-order valence-corrected chi connectivity index (χ1v) is 11.6. The molecule has 1 saturated carbocycles. The highest BCUT2D eigenvalue weighted by Gasteiger charge is 2.54. The van der Waals surface area contributed by atoms with Crippen LogP contribution in [0, 0.1) is 11.8 Å². The highest BCUT2D eigenvalue weighted by Crippen LogP contribution is 2.61. The van der Waals surface area contributed by atoms with Crippen molar-refractivity contribution in [2.75, 3.05) is 11.9 Å². The maximum Gasteiger partial charge on any atom is 0.245 e. The minimum absolute atomic E-state index is 0.0973. The molecule has 150 valence electrons. The van der Waals surface area contributed by atoms with E-state index in [1.54, 1.807) is 12.1 Å². The van der Waals surface area contributed by atoms with E-state index in [9.17, 15) is 8.42 Å². The van der Waals surface area contributed by atoms with Crippen molar-refractivity contribution in [3.05, 3.63) is 53.7 Å². The van der Waals surface area contributed by atoms with Crippen LogP contribution in [0.5, 0.6) is 0 Å². The van der Waals surface area contributed by atoms with E-state index in [2.05, 4.69) is 34.6 Å². The molecule has 2 aliphatic rings. The van der Waals surface area contributed by atoms with Gasteiger partial charge < -0.3 is 5.32 Å². The number of anilines is 1. The Morgan fingerprint density at radius 1 is 1.11 bits per heavy atom. The third kappa shape index (κ3) is 3.33. The van der Waals surface area contributed by atoms with Crippen molar-refractivity contribution in [1.29, 1.82) is 0 Å². The lowest BCUT2D eigenvalue weighted by molar-refractivity contribution is 0.302. The average molecular weight is 400 g/mol. The Morgan fingerprint density at radius 2 is 1.82 bits per heavy atom. The van der Waals surface area contributed by atoms with Gasteiger partial charge in [-0.2, -0.15) is 4.31 Å². The van der Waals surface area contributed by atoms with E-state index in [0.29, 0.717) is 11.8 Å². The van der Waals surface area contributed by atoms with E-state index in [1.807, 2.05) is 27.7 Å². The Morgan fingerprint density at radius 3 is 2.46 bits per heavy atom. The first-order valence-electron chi connectivity index (χ1n) is 10.1. The highest BCUT2D eigenvalue weighted by molar-refractivity contribution is 7.89. The summed E-state index contributed by atoms with van der Waals surface area (Å²) in [5.41, 5.74) is 3.01. The van der Waals surface area contributed by atoms with Gasteiger partial charge in [-0.05, 0) is 75.1 Å². The van der Waals surface area contributed by atoms with Crippen molar-refractivity contribution in [2.24, 2.45) is 11.8 Å². The second-order valence-electron chi connectivity index (χ2n) is 8.54. The Balaban J connectivity index is 1.40. The van der Waals surface area contributed by atoms with Crippen LogP contribution in [0.4, 0.5) is 5.82 Å². The molecule has 0 spiro atoms. The Bertz CT molecular complexity index is 946. The van der Waals surface area contributed by atoms with Gasteiger partial charge in [0.05, 0.1) is 0 Å². The van der Waals surface area contributed by atoms with Crippen LogP contribution >= 0.6 is 0 Å². The second kappa shape index (κ2) is 7.16. The molecule has 6 heteroatoms. The van der Waals surface area contributed by atoms with Gasteiger partial charge in [-0.3, -0.25) is 0 Å². The fraction of sp³-hybridized carbons (Fsp3) is 0.500. The fourth-order valence-electron chi connectivity index (χ4n) is 4.90. The summed E-state index contributed by atoms with van der Waals surface area (Å²) in [5, 5.41) is 3.40. The summed E-state index contributed by atoms with van der Waals surface area (Å²) in [6.07, 6.45) is 2.65. The molecule has 2 aromatic rings. The van der Waals surface area contributed by atoms with Crippen LogP contribution in [-0.4, -0.2) is 36.3 Å². The van der Waals surface area contributed by atoms with Crippen LogP contribution in [0.15, 0.2) is 47.5 Å². The number of hydrogen-bond donors (Lipinski definition) is 1. The first-order chi connectivity index (χ1) is 13.3. The number of benzene rings is 1. The maximum atomic E-state index is 12.9. The molecule has 0 amide bonds. The topological polar surface area (TPSA) is 62.3 Å². The molecular formula is C22H29N3O2S. The predicted octanol–water partition coefficient (Wildman–Crippen LogP) is 3.89. The summed E-state index contributed by atoms with van der Waals surface area (Å²) >= 11 is 0. The SMILES string of the molecule is CC(C)N(C(C)C)S(=O)(=O)c1ccc(NCC2C3Cc4ccccc4C23)nc1. The van der Waals surface area contributed by atoms with Crippen LogP contribution in [0.25, 0.3) is 0 Å². The number of sulfonamides is 1. The number of aromatic nitrogens is 1. The smallest absolute Gasteiger partial charge is 0.245 e. The fourth-order valence-corrected chi connectivity index (χ4v) is 6.67. The zero-order valence-corrected chi connectivity index (χ0v) is 17.8. The molecule has 1 fully saturated rings. The van der Waals surface area contributed by atoms with Crippen molar-refractivity contribution in [3.8, 4) is 0 Å². The molecule has 0 aliphatic heterocycles. The summed E-state index contributed by atoms with van der Waals surface area (Å²) in [6, 6.07) is 12.0. The van der Waals surface area contributed by atoms with Gasteiger partial charge in [0.15, 0.2) is 0 Å². The van der Waals surface area contributed by atoms with Crippen molar-refractivity contribution >= 4 is 15.8 Å². The van der Waals surface area contributed by atoms with Gasteiger partial charge in [-0.1, -0.05) is 24.3 Å². The monoisotopic (exact) mass is 399 g/mol. The second-order valence-corrected chi connectivity index (χ2v) is 10.4. The van der Waals surface area contributed by atoms with Crippen LogP contribution in [0.1, 0.15) is 44.7 Å². The molecular weight excluding hydrogens is 370 g/mol. The minimum Gasteiger partial charge on any atom is -0.370 e. The van der Waals surface area contributed by atoms with Gasteiger partial charge in [0.1, 0.15) is 10.7 Å². The summed E-state index contributed by atoms with van der Waals surface area (Å²) in [5.74, 6) is 2.81. The number of hydrogen-bond acceptors (Lipinski definition) is 4. The molecule has 5 nitrogen and oxygen atoms in total. The number of nitrogens with zero attached hydrogens (tertiary/aromatic N) is 2. The Hall–Kier alpha value is -1.92. The van der Waals surface area contributed by atoms with E-state index in [1.165, 1.54) is 28.0 Å². The zero-order chi connectivity index (χ0) is 20.1. The normalized spacial score (nSPS) is 23.2. The van der Waals surface area contributed by atoms with Gasteiger partial charge in [-0.25, -0.2) is 13.4 Å². The van der Waals surface area contributed by atoms with Crippen molar-refractivity contribution < 1.29 is 8.42 Å². The van der Waals surface area contributed by atoms with Crippen LogP contribution in [-0.2, 0) is 16.4 Å². The predicted molar refractivity (Wildman–Crippen MR) is 112 cm³/mol. The Labute approximate surface area is 168 Å². The van der Waals surface area contributed by atoms with Gasteiger partial charge in [0, 0.05) is 24.8 Å². The lowest BCUT2D eigenvalue weighted by Crippen LogP contribution is -2.41. The molecule has 2 aliphatic carbocycles. The third-order valence-electron chi connectivity index (χ3n) is 6.05. The molecule has 0 bridgehead atoms. The van der Waals surface area contributed by atoms with E-state index in [4.69, 9.17) is 0 Å². The van der Waals surface area contributed by atoms with Crippen molar-refractivity contribution in [3.63, 3.8) is 0 Å². The summed E-state index contributed by atoms with van der Waals surface area (Å²) in [6.45, 7) is 8.46. The number of rotatable bonds is 7. The van der Waals surface area contributed by atoms with Gasteiger partial charge in [0.25, 0.3) is 0 Å². The summed E-state index contributed by atoms with van der Waals surface area (Å²) < 4.78 is 27.4. The van der Waals surface area contributed by atoms with Gasteiger partial charge in [0.2, 0.25) is 10.0 Å². The molecule has 1 aromatic carbocycles. The molecule has 4 rings (SSSR count). The van der Waals surface area contributed by atoms with E-state index in [0.717, 1.165) is 18.3 Å². The molecule has 0 radical (unpaired) electrons.